The summed E-state index contributed by atoms with van der Waals surface area (Å²) in [4.78, 5) is 12.5. The van der Waals surface area contributed by atoms with Gasteiger partial charge in [0.05, 0.1) is 5.02 Å². The monoisotopic (exact) mass is 344 g/mol. The van der Waals surface area contributed by atoms with E-state index in [0.29, 0.717) is 9.90 Å². The Kier molecular flexibility index (Phi) is 4.71. The SMILES string of the molecule is NC(=S)NNC(=S)NC(=O)c1sc2ccccc2c1Cl. The molecule has 5 N–H and O–H groups in total. The molecule has 0 saturated carbocycles. The molecule has 9 heteroatoms. The molecule has 2 rings (SSSR count). The molecule has 0 radical (unpaired) electrons. The normalized spacial score (nSPS) is 10.1. The van der Waals surface area contributed by atoms with Crippen LogP contribution in [-0.4, -0.2) is 16.1 Å². The van der Waals surface area contributed by atoms with Crippen molar-refractivity contribution in [2.24, 2.45) is 5.73 Å². The van der Waals surface area contributed by atoms with Crippen LogP contribution in [0.2, 0.25) is 5.02 Å². The van der Waals surface area contributed by atoms with E-state index in [2.05, 4.69) is 28.4 Å². The minimum atomic E-state index is -0.390. The lowest BCUT2D eigenvalue weighted by molar-refractivity contribution is 0.0980. The maximum atomic E-state index is 12.1. The Balaban J connectivity index is 2.13. The number of benzene rings is 1. The van der Waals surface area contributed by atoms with Gasteiger partial charge in [0.15, 0.2) is 10.2 Å². The zero-order valence-electron chi connectivity index (χ0n) is 9.90. The Bertz CT molecular complexity index is 700. The van der Waals surface area contributed by atoms with Crippen molar-refractivity contribution in [2.45, 2.75) is 0 Å². The Morgan fingerprint density at radius 1 is 1.25 bits per heavy atom. The summed E-state index contributed by atoms with van der Waals surface area (Å²) in [6.07, 6.45) is 0. The number of hydrogen-bond acceptors (Lipinski definition) is 4. The van der Waals surface area contributed by atoms with Gasteiger partial charge in [-0.1, -0.05) is 29.8 Å². The van der Waals surface area contributed by atoms with Crippen LogP contribution in [0.15, 0.2) is 24.3 Å². The molecular formula is C11H9ClN4OS3. The van der Waals surface area contributed by atoms with Gasteiger partial charge in [-0.15, -0.1) is 11.3 Å². The first kappa shape index (κ1) is 14.9. The molecule has 1 heterocycles. The van der Waals surface area contributed by atoms with E-state index in [0.717, 1.165) is 10.1 Å². The van der Waals surface area contributed by atoms with Crippen LogP contribution in [0.4, 0.5) is 0 Å². The maximum Gasteiger partial charge on any atom is 0.269 e. The summed E-state index contributed by atoms with van der Waals surface area (Å²) in [6.45, 7) is 0. The van der Waals surface area contributed by atoms with Crippen LogP contribution in [0, 0.1) is 0 Å². The molecule has 5 nitrogen and oxygen atoms in total. The van der Waals surface area contributed by atoms with Gasteiger partial charge < -0.3 is 5.73 Å². The van der Waals surface area contributed by atoms with Crippen LogP contribution in [0.3, 0.4) is 0 Å². The topological polar surface area (TPSA) is 79.2 Å². The maximum absolute atomic E-state index is 12.1. The number of nitrogens with two attached hydrogens (primary N) is 1. The van der Waals surface area contributed by atoms with Crippen molar-refractivity contribution < 1.29 is 4.79 Å². The molecule has 0 spiro atoms. The Labute approximate surface area is 134 Å². The van der Waals surface area contributed by atoms with Crippen molar-refractivity contribution in [1.29, 1.82) is 0 Å². The minimum absolute atomic E-state index is 0.0153. The number of carbonyl (C=O) groups is 1. The number of fused-ring (bicyclic) bond motifs is 1. The lowest BCUT2D eigenvalue weighted by Crippen LogP contribution is -2.50. The molecule has 104 valence electrons. The molecule has 0 fully saturated rings. The number of hydrogen-bond donors (Lipinski definition) is 4. The van der Waals surface area contributed by atoms with E-state index in [1.807, 2.05) is 24.3 Å². The quantitative estimate of drug-likeness (QED) is 0.467. The van der Waals surface area contributed by atoms with Crippen LogP contribution in [0.1, 0.15) is 9.67 Å². The molecule has 0 unspecified atom stereocenters. The fourth-order valence-electron chi connectivity index (χ4n) is 1.47. The summed E-state index contributed by atoms with van der Waals surface area (Å²) < 4.78 is 0.933. The van der Waals surface area contributed by atoms with Crippen molar-refractivity contribution in [1.82, 2.24) is 16.2 Å². The average Bonchev–Trinajstić information content (AvgIpc) is 2.74. The molecule has 0 atom stereocenters. The van der Waals surface area contributed by atoms with Gasteiger partial charge in [-0.3, -0.25) is 21.0 Å². The second-order valence-corrected chi connectivity index (χ2v) is 5.92. The molecule has 20 heavy (non-hydrogen) atoms. The fraction of sp³-hybridized carbons (Fsp3) is 0. The van der Waals surface area contributed by atoms with Crippen LogP contribution in [0.5, 0.6) is 0 Å². The second-order valence-electron chi connectivity index (χ2n) is 3.64. The standard InChI is InChI=1S/C11H9ClN4OS3/c12-7-5-3-1-2-4-6(5)20-8(7)9(17)14-11(19)16-15-10(13)18/h1-4H,(H3,13,15,18)(H2,14,16,17,19). The third-order valence-electron chi connectivity index (χ3n) is 2.27. The van der Waals surface area contributed by atoms with E-state index >= 15 is 0 Å². The summed E-state index contributed by atoms with van der Waals surface area (Å²) in [6, 6.07) is 7.50. The second kappa shape index (κ2) is 6.31. The highest BCUT2D eigenvalue weighted by molar-refractivity contribution is 7.80. The zero-order valence-corrected chi connectivity index (χ0v) is 13.1. The first-order chi connectivity index (χ1) is 9.49. The summed E-state index contributed by atoms with van der Waals surface area (Å²) in [7, 11) is 0. The van der Waals surface area contributed by atoms with E-state index in [1.165, 1.54) is 11.3 Å². The van der Waals surface area contributed by atoms with Gasteiger partial charge in [0.25, 0.3) is 5.91 Å². The molecular weight excluding hydrogens is 336 g/mol. The number of amides is 1. The number of rotatable bonds is 1. The first-order valence-corrected chi connectivity index (χ1v) is 7.34. The largest absolute Gasteiger partial charge is 0.375 e. The predicted molar refractivity (Wildman–Crippen MR) is 90.0 cm³/mol. The smallest absolute Gasteiger partial charge is 0.269 e. The highest BCUT2D eigenvalue weighted by Gasteiger charge is 2.17. The number of halogens is 1. The Morgan fingerprint density at radius 3 is 2.60 bits per heavy atom. The highest BCUT2D eigenvalue weighted by atomic mass is 35.5. The number of nitrogens with one attached hydrogen (secondary N) is 3. The van der Waals surface area contributed by atoms with Gasteiger partial charge in [0.1, 0.15) is 4.88 Å². The molecule has 1 aromatic carbocycles. The molecule has 2 aromatic rings. The summed E-state index contributed by atoms with van der Waals surface area (Å²) >= 11 is 17.0. The molecule has 0 aliphatic rings. The van der Waals surface area contributed by atoms with Gasteiger partial charge in [0, 0.05) is 10.1 Å². The van der Waals surface area contributed by atoms with E-state index in [9.17, 15) is 4.79 Å². The highest BCUT2D eigenvalue weighted by Crippen LogP contribution is 2.34. The van der Waals surface area contributed by atoms with Crippen molar-refractivity contribution in [3.05, 3.63) is 34.2 Å². The Hall–Kier alpha value is -1.48. The fourth-order valence-corrected chi connectivity index (χ4v) is 3.08. The van der Waals surface area contributed by atoms with Crippen molar-refractivity contribution in [3.8, 4) is 0 Å². The van der Waals surface area contributed by atoms with E-state index in [-0.39, 0.29) is 10.2 Å². The lowest BCUT2D eigenvalue weighted by Gasteiger charge is -2.09. The molecule has 0 saturated heterocycles. The molecule has 0 aliphatic carbocycles. The van der Waals surface area contributed by atoms with Crippen molar-refractivity contribution >= 4 is 73.6 Å². The van der Waals surface area contributed by atoms with Crippen LogP contribution in [0.25, 0.3) is 10.1 Å². The van der Waals surface area contributed by atoms with Crippen molar-refractivity contribution in [2.75, 3.05) is 0 Å². The molecule has 1 aromatic heterocycles. The molecule has 0 aliphatic heterocycles. The third-order valence-corrected chi connectivity index (χ3v) is 4.25. The number of thiophene rings is 1. The Morgan fingerprint density at radius 2 is 1.95 bits per heavy atom. The number of thiocarbonyl (C=S) groups is 2. The molecule has 0 bridgehead atoms. The first-order valence-electron chi connectivity index (χ1n) is 5.33. The van der Waals surface area contributed by atoms with Crippen molar-refractivity contribution in [3.63, 3.8) is 0 Å². The van der Waals surface area contributed by atoms with Crippen LogP contribution >= 0.6 is 47.4 Å². The number of hydrazine groups is 1. The van der Waals surface area contributed by atoms with Crippen LogP contribution in [-0.2, 0) is 0 Å². The van der Waals surface area contributed by atoms with E-state index in [4.69, 9.17) is 29.6 Å². The summed E-state index contributed by atoms with van der Waals surface area (Å²) in [5.41, 5.74) is 10.1. The van der Waals surface area contributed by atoms with Gasteiger partial charge in [-0.25, -0.2) is 0 Å². The average molecular weight is 345 g/mol. The minimum Gasteiger partial charge on any atom is -0.375 e. The van der Waals surface area contributed by atoms with Crippen LogP contribution < -0.4 is 21.9 Å². The van der Waals surface area contributed by atoms with Gasteiger partial charge in [0.2, 0.25) is 0 Å². The lowest BCUT2D eigenvalue weighted by atomic mass is 10.2. The summed E-state index contributed by atoms with van der Waals surface area (Å²) in [5, 5.41) is 3.80. The zero-order chi connectivity index (χ0) is 14.7. The third kappa shape index (κ3) is 3.34. The van der Waals surface area contributed by atoms with Gasteiger partial charge in [-0.2, -0.15) is 0 Å². The number of carbonyl (C=O) groups excluding carboxylic acids is 1. The summed E-state index contributed by atoms with van der Waals surface area (Å²) in [5.74, 6) is -0.390. The van der Waals surface area contributed by atoms with Gasteiger partial charge in [-0.05, 0) is 30.5 Å². The van der Waals surface area contributed by atoms with Gasteiger partial charge >= 0.3 is 0 Å². The molecule has 1 amide bonds. The predicted octanol–water partition coefficient (Wildman–Crippen LogP) is 1.91. The van der Waals surface area contributed by atoms with E-state index in [1.54, 1.807) is 0 Å². The van der Waals surface area contributed by atoms with E-state index < -0.39 is 5.91 Å².